The second-order valence-corrected chi connectivity index (χ2v) is 4.03. The topological polar surface area (TPSA) is 21.7 Å². The van der Waals surface area contributed by atoms with Gasteiger partial charge in [-0.25, -0.2) is 0 Å². The van der Waals surface area contributed by atoms with Crippen LogP contribution in [-0.2, 0) is 13.1 Å². The summed E-state index contributed by atoms with van der Waals surface area (Å²) in [7, 11) is 0. The number of hydrogen-bond donors (Lipinski definition) is 0. The maximum absolute atomic E-state index is 5.49. The highest BCUT2D eigenvalue weighted by atomic mass is 16.7. The average Bonchev–Trinajstić information content (AvgIpc) is 2.82. The summed E-state index contributed by atoms with van der Waals surface area (Å²) in [6, 6.07) is 4.11. The van der Waals surface area contributed by atoms with Crippen LogP contribution in [0.1, 0.15) is 18.1 Å². The third kappa shape index (κ3) is 1.19. The van der Waals surface area contributed by atoms with Crippen LogP contribution in [-0.4, -0.2) is 11.7 Å². The van der Waals surface area contributed by atoms with E-state index in [-0.39, 0.29) is 0 Å². The van der Waals surface area contributed by atoms with Gasteiger partial charge in [0, 0.05) is 24.4 Å². The lowest BCUT2D eigenvalue weighted by Gasteiger charge is -2.16. The highest BCUT2D eigenvalue weighted by Crippen LogP contribution is 2.41. The Bertz CT molecular complexity index is 439. The van der Waals surface area contributed by atoms with Crippen molar-refractivity contribution in [3.8, 4) is 11.5 Å². The standard InChI is InChI=1S/C12H13NO2/c1-8(2)13-5-9-3-4-11-12(10(9)6-13)15-7-14-11/h3-4H,1,5-7H2,2H3. The van der Waals surface area contributed by atoms with Gasteiger partial charge in [0.2, 0.25) is 6.79 Å². The van der Waals surface area contributed by atoms with Crippen molar-refractivity contribution in [3.05, 3.63) is 35.5 Å². The van der Waals surface area contributed by atoms with Gasteiger partial charge in [-0.3, -0.25) is 0 Å². The predicted octanol–water partition coefficient (Wildman–Crippen LogP) is 2.26. The summed E-state index contributed by atoms with van der Waals surface area (Å²) in [4.78, 5) is 2.24. The van der Waals surface area contributed by atoms with Crippen molar-refractivity contribution in [2.45, 2.75) is 20.0 Å². The fourth-order valence-corrected chi connectivity index (χ4v) is 2.11. The van der Waals surface area contributed by atoms with E-state index < -0.39 is 0 Å². The fourth-order valence-electron chi connectivity index (χ4n) is 2.11. The number of nitrogens with zero attached hydrogens (tertiary/aromatic N) is 1. The zero-order valence-corrected chi connectivity index (χ0v) is 8.75. The lowest BCUT2D eigenvalue weighted by molar-refractivity contribution is 0.173. The number of hydrogen-bond acceptors (Lipinski definition) is 3. The van der Waals surface area contributed by atoms with Crippen molar-refractivity contribution in [2.24, 2.45) is 0 Å². The van der Waals surface area contributed by atoms with Gasteiger partial charge in [0.15, 0.2) is 11.5 Å². The molecule has 0 saturated heterocycles. The lowest BCUT2D eigenvalue weighted by Crippen LogP contribution is -2.12. The van der Waals surface area contributed by atoms with Gasteiger partial charge in [0.25, 0.3) is 0 Å². The largest absolute Gasteiger partial charge is 0.454 e. The molecular formula is C12H13NO2. The molecule has 0 aliphatic carbocycles. The summed E-state index contributed by atoms with van der Waals surface area (Å²) in [6.07, 6.45) is 0. The Kier molecular flexibility index (Phi) is 1.69. The number of benzene rings is 1. The Labute approximate surface area is 88.9 Å². The molecule has 2 heterocycles. The first kappa shape index (κ1) is 8.65. The van der Waals surface area contributed by atoms with Crippen LogP contribution < -0.4 is 9.47 Å². The molecule has 3 rings (SSSR count). The molecule has 0 aromatic heterocycles. The number of allylic oxidation sites excluding steroid dienone is 1. The molecular weight excluding hydrogens is 190 g/mol. The van der Waals surface area contributed by atoms with Gasteiger partial charge in [0.1, 0.15) is 0 Å². The van der Waals surface area contributed by atoms with Gasteiger partial charge in [-0.2, -0.15) is 0 Å². The SMILES string of the molecule is C=C(C)N1Cc2ccc3c(c2C1)OCO3. The highest BCUT2D eigenvalue weighted by molar-refractivity contribution is 5.53. The molecule has 3 heteroatoms. The van der Waals surface area contributed by atoms with E-state index in [0.29, 0.717) is 6.79 Å². The molecule has 0 unspecified atom stereocenters. The van der Waals surface area contributed by atoms with Gasteiger partial charge in [-0.05, 0) is 18.6 Å². The molecule has 0 atom stereocenters. The summed E-state index contributed by atoms with van der Waals surface area (Å²) in [6.45, 7) is 8.16. The minimum absolute atomic E-state index is 0.346. The zero-order valence-electron chi connectivity index (χ0n) is 8.75. The predicted molar refractivity (Wildman–Crippen MR) is 56.6 cm³/mol. The Balaban J connectivity index is 2.03. The third-order valence-corrected chi connectivity index (χ3v) is 2.99. The van der Waals surface area contributed by atoms with Gasteiger partial charge < -0.3 is 14.4 Å². The van der Waals surface area contributed by atoms with E-state index in [1.54, 1.807) is 0 Å². The Morgan fingerprint density at radius 3 is 3.00 bits per heavy atom. The third-order valence-electron chi connectivity index (χ3n) is 2.99. The summed E-state index contributed by atoms with van der Waals surface area (Å²) in [5, 5.41) is 0. The molecule has 0 spiro atoms. The van der Waals surface area contributed by atoms with E-state index in [4.69, 9.17) is 9.47 Å². The minimum Gasteiger partial charge on any atom is -0.454 e. The summed E-state index contributed by atoms with van der Waals surface area (Å²) in [5.74, 6) is 1.80. The second kappa shape index (κ2) is 2.92. The van der Waals surface area contributed by atoms with Crippen molar-refractivity contribution in [2.75, 3.05) is 6.79 Å². The Hall–Kier alpha value is -1.64. The molecule has 0 radical (unpaired) electrons. The molecule has 2 aliphatic rings. The van der Waals surface area contributed by atoms with Crippen LogP contribution in [0.5, 0.6) is 11.5 Å². The summed E-state index contributed by atoms with van der Waals surface area (Å²) in [5.41, 5.74) is 3.68. The van der Waals surface area contributed by atoms with Crippen molar-refractivity contribution in [1.82, 2.24) is 4.90 Å². The van der Waals surface area contributed by atoms with Gasteiger partial charge in [-0.15, -0.1) is 0 Å². The molecule has 0 amide bonds. The quantitative estimate of drug-likeness (QED) is 0.698. The Morgan fingerprint density at radius 2 is 2.20 bits per heavy atom. The maximum Gasteiger partial charge on any atom is 0.231 e. The van der Waals surface area contributed by atoms with Crippen LogP contribution in [0.3, 0.4) is 0 Å². The second-order valence-electron chi connectivity index (χ2n) is 4.03. The number of ether oxygens (including phenoxy) is 2. The molecule has 0 N–H and O–H groups in total. The highest BCUT2D eigenvalue weighted by Gasteiger charge is 2.27. The van der Waals surface area contributed by atoms with E-state index in [0.717, 1.165) is 30.3 Å². The number of rotatable bonds is 1. The van der Waals surface area contributed by atoms with Crippen molar-refractivity contribution >= 4 is 0 Å². The van der Waals surface area contributed by atoms with Crippen LogP contribution in [0.25, 0.3) is 0 Å². The molecule has 1 aromatic carbocycles. The van der Waals surface area contributed by atoms with E-state index in [1.807, 2.05) is 13.0 Å². The van der Waals surface area contributed by atoms with E-state index in [9.17, 15) is 0 Å². The van der Waals surface area contributed by atoms with Gasteiger partial charge in [-0.1, -0.05) is 12.6 Å². The smallest absolute Gasteiger partial charge is 0.231 e. The van der Waals surface area contributed by atoms with Gasteiger partial charge >= 0.3 is 0 Å². The van der Waals surface area contributed by atoms with Crippen LogP contribution >= 0.6 is 0 Å². The van der Waals surface area contributed by atoms with E-state index >= 15 is 0 Å². The van der Waals surface area contributed by atoms with Crippen molar-refractivity contribution < 1.29 is 9.47 Å². The number of fused-ring (bicyclic) bond motifs is 3. The molecule has 1 aromatic rings. The lowest BCUT2D eigenvalue weighted by atomic mass is 10.1. The Morgan fingerprint density at radius 1 is 1.33 bits per heavy atom. The molecule has 0 bridgehead atoms. The normalized spacial score (nSPS) is 16.7. The first-order valence-corrected chi connectivity index (χ1v) is 5.06. The van der Waals surface area contributed by atoms with Crippen LogP contribution in [0.15, 0.2) is 24.4 Å². The van der Waals surface area contributed by atoms with E-state index in [1.165, 1.54) is 11.1 Å². The molecule has 0 fully saturated rings. The monoisotopic (exact) mass is 203 g/mol. The minimum atomic E-state index is 0.346. The average molecular weight is 203 g/mol. The van der Waals surface area contributed by atoms with Crippen LogP contribution in [0.4, 0.5) is 0 Å². The van der Waals surface area contributed by atoms with Crippen molar-refractivity contribution in [3.63, 3.8) is 0 Å². The molecule has 2 aliphatic heterocycles. The van der Waals surface area contributed by atoms with Gasteiger partial charge in [0.05, 0.1) is 0 Å². The molecule has 3 nitrogen and oxygen atoms in total. The van der Waals surface area contributed by atoms with E-state index in [2.05, 4.69) is 17.5 Å². The summed E-state index contributed by atoms with van der Waals surface area (Å²) < 4.78 is 10.8. The molecule has 15 heavy (non-hydrogen) atoms. The van der Waals surface area contributed by atoms with Crippen LogP contribution in [0.2, 0.25) is 0 Å². The first-order chi connectivity index (χ1) is 7.25. The van der Waals surface area contributed by atoms with Crippen molar-refractivity contribution in [1.29, 1.82) is 0 Å². The summed E-state index contributed by atoms with van der Waals surface area (Å²) >= 11 is 0. The molecule has 78 valence electrons. The van der Waals surface area contributed by atoms with Crippen LogP contribution in [0, 0.1) is 0 Å². The fraction of sp³-hybridized carbons (Fsp3) is 0.333. The zero-order chi connectivity index (χ0) is 10.4. The maximum atomic E-state index is 5.49. The first-order valence-electron chi connectivity index (χ1n) is 5.06. The molecule has 0 saturated carbocycles.